The zero-order valence-electron chi connectivity index (χ0n) is 11.5. The zero-order valence-corrected chi connectivity index (χ0v) is 13.0. The molecule has 1 N–H and O–H groups in total. The minimum absolute atomic E-state index is 0.0601. The third kappa shape index (κ3) is 3.45. The van der Waals surface area contributed by atoms with Gasteiger partial charge in [0.25, 0.3) is 0 Å². The summed E-state index contributed by atoms with van der Waals surface area (Å²) in [6.07, 6.45) is 0. The summed E-state index contributed by atoms with van der Waals surface area (Å²) in [7, 11) is 1.67. The Balaban J connectivity index is 2.41. The second-order valence-electron chi connectivity index (χ2n) is 4.44. The van der Waals surface area contributed by atoms with Gasteiger partial charge in [-0.25, -0.2) is 0 Å². The van der Waals surface area contributed by atoms with E-state index in [1.54, 1.807) is 7.11 Å². The number of benzene rings is 2. The van der Waals surface area contributed by atoms with Crippen molar-refractivity contribution in [1.29, 1.82) is 0 Å². The molecule has 2 aromatic carbocycles. The van der Waals surface area contributed by atoms with E-state index in [0.717, 1.165) is 23.4 Å². The van der Waals surface area contributed by atoms with Crippen molar-refractivity contribution in [2.45, 2.75) is 13.0 Å². The summed E-state index contributed by atoms with van der Waals surface area (Å²) < 4.78 is 5.29. The first kappa shape index (κ1) is 15.2. The maximum Gasteiger partial charge on any atom is 0.119 e. The second-order valence-corrected chi connectivity index (χ2v) is 5.26. The topological polar surface area (TPSA) is 21.3 Å². The first-order chi connectivity index (χ1) is 9.65. The Morgan fingerprint density at radius 1 is 1.05 bits per heavy atom. The van der Waals surface area contributed by atoms with Gasteiger partial charge >= 0.3 is 0 Å². The number of hydrogen-bond acceptors (Lipinski definition) is 2. The van der Waals surface area contributed by atoms with Crippen LogP contribution in [0.5, 0.6) is 5.75 Å². The van der Waals surface area contributed by atoms with Crippen molar-refractivity contribution in [2.24, 2.45) is 0 Å². The number of halogens is 2. The maximum absolute atomic E-state index is 6.12. The molecule has 0 saturated carbocycles. The number of methoxy groups -OCH3 is 1. The van der Waals surface area contributed by atoms with Crippen LogP contribution in [0, 0.1) is 0 Å². The fraction of sp³-hybridized carbons (Fsp3) is 0.250. The van der Waals surface area contributed by atoms with E-state index in [1.165, 1.54) is 0 Å². The average molecular weight is 310 g/mol. The average Bonchev–Trinajstić information content (AvgIpc) is 2.48. The standard InChI is InChI=1S/C16H17Cl2NO/c1-3-19-16(11-5-4-6-13(9-11)20-2)12-7-8-14(17)15(18)10-12/h4-10,16,19H,3H2,1-2H3. The van der Waals surface area contributed by atoms with Gasteiger partial charge in [0.15, 0.2) is 0 Å². The minimum Gasteiger partial charge on any atom is -0.497 e. The van der Waals surface area contributed by atoms with Crippen molar-refractivity contribution in [3.8, 4) is 5.75 Å². The van der Waals surface area contributed by atoms with Crippen LogP contribution in [0.4, 0.5) is 0 Å². The van der Waals surface area contributed by atoms with Crippen molar-refractivity contribution in [3.05, 3.63) is 63.6 Å². The summed E-state index contributed by atoms with van der Waals surface area (Å²) in [5.74, 6) is 0.838. The minimum atomic E-state index is 0.0601. The highest BCUT2D eigenvalue weighted by Crippen LogP contribution is 2.30. The van der Waals surface area contributed by atoms with E-state index >= 15 is 0 Å². The summed E-state index contributed by atoms with van der Waals surface area (Å²) in [4.78, 5) is 0. The summed E-state index contributed by atoms with van der Waals surface area (Å²) in [6.45, 7) is 2.92. The first-order valence-electron chi connectivity index (χ1n) is 6.48. The Labute approximate surface area is 129 Å². The zero-order chi connectivity index (χ0) is 14.5. The normalized spacial score (nSPS) is 12.2. The molecule has 1 atom stereocenters. The van der Waals surface area contributed by atoms with Crippen LogP contribution in [0.25, 0.3) is 0 Å². The van der Waals surface area contributed by atoms with Gasteiger partial charge in [0.2, 0.25) is 0 Å². The van der Waals surface area contributed by atoms with Crippen molar-refractivity contribution in [3.63, 3.8) is 0 Å². The van der Waals surface area contributed by atoms with E-state index < -0.39 is 0 Å². The fourth-order valence-electron chi connectivity index (χ4n) is 2.15. The van der Waals surface area contributed by atoms with E-state index in [1.807, 2.05) is 36.4 Å². The highest BCUT2D eigenvalue weighted by atomic mass is 35.5. The van der Waals surface area contributed by atoms with Gasteiger partial charge in [-0.05, 0) is 41.9 Å². The highest BCUT2D eigenvalue weighted by molar-refractivity contribution is 6.42. The van der Waals surface area contributed by atoms with Crippen LogP contribution in [0.2, 0.25) is 10.0 Å². The van der Waals surface area contributed by atoms with Gasteiger partial charge in [0, 0.05) is 0 Å². The van der Waals surface area contributed by atoms with Crippen LogP contribution >= 0.6 is 23.2 Å². The molecule has 0 amide bonds. The molecule has 0 aliphatic rings. The van der Waals surface area contributed by atoms with Crippen LogP contribution in [0.15, 0.2) is 42.5 Å². The van der Waals surface area contributed by atoms with Gasteiger partial charge in [-0.1, -0.05) is 48.3 Å². The molecule has 0 heterocycles. The number of nitrogens with one attached hydrogen (secondary N) is 1. The quantitative estimate of drug-likeness (QED) is 0.864. The summed E-state index contributed by atoms with van der Waals surface area (Å²) in [6, 6.07) is 13.8. The van der Waals surface area contributed by atoms with Crippen LogP contribution < -0.4 is 10.1 Å². The molecule has 0 fully saturated rings. The predicted molar refractivity (Wildman–Crippen MR) is 85.0 cm³/mol. The molecular weight excluding hydrogens is 293 g/mol. The maximum atomic E-state index is 6.12. The largest absolute Gasteiger partial charge is 0.497 e. The van der Waals surface area contributed by atoms with E-state index in [4.69, 9.17) is 27.9 Å². The molecule has 2 nitrogen and oxygen atoms in total. The highest BCUT2D eigenvalue weighted by Gasteiger charge is 2.14. The lowest BCUT2D eigenvalue weighted by molar-refractivity contribution is 0.413. The fourth-order valence-corrected chi connectivity index (χ4v) is 2.45. The first-order valence-corrected chi connectivity index (χ1v) is 7.23. The lowest BCUT2D eigenvalue weighted by atomic mass is 9.98. The van der Waals surface area contributed by atoms with Crippen molar-refractivity contribution < 1.29 is 4.74 Å². The summed E-state index contributed by atoms with van der Waals surface area (Å²) in [5, 5.41) is 4.59. The van der Waals surface area contributed by atoms with Crippen LogP contribution in [-0.2, 0) is 0 Å². The van der Waals surface area contributed by atoms with E-state index in [9.17, 15) is 0 Å². The third-order valence-corrected chi connectivity index (χ3v) is 3.85. The van der Waals surface area contributed by atoms with Gasteiger partial charge in [-0.3, -0.25) is 0 Å². The molecule has 0 aliphatic heterocycles. The lowest BCUT2D eigenvalue weighted by Gasteiger charge is -2.20. The molecule has 20 heavy (non-hydrogen) atoms. The molecule has 0 aromatic heterocycles. The molecular formula is C16H17Cl2NO. The molecule has 4 heteroatoms. The molecule has 2 aromatic rings. The Morgan fingerprint density at radius 3 is 2.45 bits per heavy atom. The smallest absolute Gasteiger partial charge is 0.119 e. The number of rotatable bonds is 5. The Bertz CT molecular complexity index is 586. The molecule has 2 rings (SSSR count). The van der Waals surface area contributed by atoms with Crippen molar-refractivity contribution >= 4 is 23.2 Å². The Kier molecular flexibility index (Phi) is 5.30. The van der Waals surface area contributed by atoms with Gasteiger partial charge in [-0.15, -0.1) is 0 Å². The molecule has 0 aliphatic carbocycles. The molecule has 0 saturated heterocycles. The van der Waals surface area contributed by atoms with E-state index in [-0.39, 0.29) is 6.04 Å². The van der Waals surface area contributed by atoms with Gasteiger partial charge in [0.05, 0.1) is 23.2 Å². The van der Waals surface area contributed by atoms with Crippen molar-refractivity contribution in [2.75, 3.05) is 13.7 Å². The molecule has 0 spiro atoms. The Morgan fingerprint density at radius 2 is 1.80 bits per heavy atom. The molecule has 0 bridgehead atoms. The Hall–Kier alpha value is -1.22. The third-order valence-electron chi connectivity index (χ3n) is 3.11. The van der Waals surface area contributed by atoms with Gasteiger partial charge in [0.1, 0.15) is 5.75 Å². The lowest BCUT2D eigenvalue weighted by Crippen LogP contribution is -2.22. The summed E-state index contributed by atoms with van der Waals surface area (Å²) in [5.41, 5.74) is 2.21. The second kappa shape index (κ2) is 6.98. The number of hydrogen-bond donors (Lipinski definition) is 1. The van der Waals surface area contributed by atoms with Gasteiger partial charge < -0.3 is 10.1 Å². The molecule has 0 radical (unpaired) electrons. The van der Waals surface area contributed by atoms with Crippen LogP contribution in [0.1, 0.15) is 24.1 Å². The molecule has 106 valence electrons. The number of ether oxygens (including phenoxy) is 1. The van der Waals surface area contributed by atoms with Gasteiger partial charge in [-0.2, -0.15) is 0 Å². The SMILES string of the molecule is CCNC(c1cccc(OC)c1)c1ccc(Cl)c(Cl)c1. The van der Waals surface area contributed by atoms with Crippen molar-refractivity contribution in [1.82, 2.24) is 5.32 Å². The van der Waals surface area contributed by atoms with E-state index in [2.05, 4.69) is 18.3 Å². The predicted octanol–water partition coefficient (Wildman–Crippen LogP) is 4.70. The summed E-state index contributed by atoms with van der Waals surface area (Å²) >= 11 is 12.1. The molecule has 1 unspecified atom stereocenters. The van der Waals surface area contributed by atoms with Crippen LogP contribution in [0.3, 0.4) is 0 Å². The van der Waals surface area contributed by atoms with Crippen LogP contribution in [-0.4, -0.2) is 13.7 Å². The van der Waals surface area contributed by atoms with E-state index in [0.29, 0.717) is 10.0 Å². The monoisotopic (exact) mass is 309 g/mol.